The van der Waals surface area contributed by atoms with Gasteiger partial charge in [0.15, 0.2) is 6.10 Å². The van der Waals surface area contributed by atoms with E-state index < -0.39 is 12.1 Å². The first-order chi connectivity index (χ1) is 14.0. The SMILES string of the molecule is CC(C)OC(Cc1cccc(COc2ccc(-c3ccccc3)cc2)c1)C(=O)O. The monoisotopic (exact) mass is 390 g/mol. The van der Waals surface area contributed by atoms with Crippen LogP contribution < -0.4 is 4.74 Å². The molecule has 0 saturated carbocycles. The van der Waals surface area contributed by atoms with Crippen LogP contribution in [0.15, 0.2) is 78.9 Å². The summed E-state index contributed by atoms with van der Waals surface area (Å²) < 4.78 is 11.4. The van der Waals surface area contributed by atoms with E-state index in [-0.39, 0.29) is 6.10 Å². The van der Waals surface area contributed by atoms with Gasteiger partial charge in [-0.1, -0.05) is 66.7 Å². The van der Waals surface area contributed by atoms with Crippen molar-refractivity contribution >= 4 is 5.97 Å². The van der Waals surface area contributed by atoms with Gasteiger partial charge in [-0.25, -0.2) is 4.79 Å². The summed E-state index contributed by atoms with van der Waals surface area (Å²) in [6, 6.07) is 26.0. The van der Waals surface area contributed by atoms with Crippen LogP contribution in [0.3, 0.4) is 0 Å². The van der Waals surface area contributed by atoms with Gasteiger partial charge in [-0.3, -0.25) is 0 Å². The number of aliphatic carboxylic acids is 1. The van der Waals surface area contributed by atoms with E-state index in [4.69, 9.17) is 9.47 Å². The van der Waals surface area contributed by atoms with E-state index in [1.165, 1.54) is 5.56 Å². The van der Waals surface area contributed by atoms with E-state index in [0.717, 1.165) is 22.4 Å². The Hall–Kier alpha value is -3.11. The molecule has 0 aliphatic carbocycles. The molecule has 0 aromatic heterocycles. The fourth-order valence-electron chi connectivity index (χ4n) is 3.12. The molecule has 0 saturated heterocycles. The first kappa shape index (κ1) is 20.6. The number of carboxylic acids is 1. The minimum absolute atomic E-state index is 0.138. The molecule has 0 bridgehead atoms. The smallest absolute Gasteiger partial charge is 0.333 e. The van der Waals surface area contributed by atoms with Crippen molar-refractivity contribution in [2.24, 2.45) is 0 Å². The molecule has 0 fully saturated rings. The number of rotatable bonds is 9. The molecule has 0 aliphatic heterocycles. The van der Waals surface area contributed by atoms with Gasteiger partial charge in [0.05, 0.1) is 6.10 Å². The lowest BCUT2D eigenvalue weighted by atomic mass is 10.0. The zero-order chi connectivity index (χ0) is 20.6. The Morgan fingerprint density at radius 2 is 1.52 bits per heavy atom. The number of benzene rings is 3. The Morgan fingerprint density at radius 3 is 2.17 bits per heavy atom. The van der Waals surface area contributed by atoms with Crippen molar-refractivity contribution in [2.75, 3.05) is 0 Å². The maximum Gasteiger partial charge on any atom is 0.333 e. The largest absolute Gasteiger partial charge is 0.489 e. The van der Waals surface area contributed by atoms with Gasteiger partial charge in [0, 0.05) is 6.42 Å². The van der Waals surface area contributed by atoms with Crippen molar-refractivity contribution in [3.63, 3.8) is 0 Å². The van der Waals surface area contributed by atoms with Crippen LogP contribution >= 0.6 is 0 Å². The predicted molar refractivity (Wildman–Crippen MR) is 114 cm³/mol. The highest BCUT2D eigenvalue weighted by molar-refractivity contribution is 5.72. The third kappa shape index (κ3) is 6.19. The Labute approximate surface area is 171 Å². The van der Waals surface area contributed by atoms with E-state index >= 15 is 0 Å². The highest BCUT2D eigenvalue weighted by Gasteiger charge is 2.20. The number of hydrogen-bond donors (Lipinski definition) is 1. The number of hydrogen-bond acceptors (Lipinski definition) is 3. The summed E-state index contributed by atoms with van der Waals surface area (Å²) in [6.07, 6.45) is -0.661. The van der Waals surface area contributed by atoms with Gasteiger partial charge in [-0.2, -0.15) is 0 Å². The molecular weight excluding hydrogens is 364 g/mol. The Bertz CT molecular complexity index is 917. The fourth-order valence-corrected chi connectivity index (χ4v) is 3.12. The molecular formula is C25H26O4. The van der Waals surface area contributed by atoms with Gasteiger partial charge in [-0.15, -0.1) is 0 Å². The summed E-state index contributed by atoms with van der Waals surface area (Å²) in [4.78, 5) is 11.4. The first-order valence-corrected chi connectivity index (χ1v) is 9.75. The molecule has 29 heavy (non-hydrogen) atoms. The lowest BCUT2D eigenvalue weighted by molar-refractivity contribution is -0.153. The summed E-state index contributed by atoms with van der Waals surface area (Å²) in [7, 11) is 0. The average Bonchev–Trinajstić information content (AvgIpc) is 2.73. The molecule has 0 heterocycles. The Balaban J connectivity index is 1.61. The second-order valence-electron chi connectivity index (χ2n) is 7.21. The molecule has 3 rings (SSSR count). The summed E-state index contributed by atoms with van der Waals surface area (Å²) in [5.74, 6) is -0.152. The molecule has 4 nitrogen and oxygen atoms in total. The van der Waals surface area contributed by atoms with Gasteiger partial charge >= 0.3 is 5.97 Å². The van der Waals surface area contributed by atoms with Crippen molar-refractivity contribution < 1.29 is 19.4 Å². The summed E-state index contributed by atoms with van der Waals surface area (Å²) >= 11 is 0. The van der Waals surface area contributed by atoms with Crippen LogP contribution in [0.25, 0.3) is 11.1 Å². The Morgan fingerprint density at radius 1 is 0.862 bits per heavy atom. The molecule has 150 valence electrons. The summed E-state index contributed by atoms with van der Waals surface area (Å²) in [5, 5.41) is 9.36. The summed E-state index contributed by atoms with van der Waals surface area (Å²) in [5.41, 5.74) is 4.22. The standard InChI is InChI=1S/C25H26O4/c1-18(2)29-24(25(26)27)16-19-7-6-8-20(15-19)17-28-23-13-11-22(12-14-23)21-9-4-3-5-10-21/h3-15,18,24H,16-17H2,1-2H3,(H,26,27). The quantitative estimate of drug-likeness (QED) is 0.535. The van der Waals surface area contributed by atoms with E-state index in [2.05, 4.69) is 12.1 Å². The van der Waals surface area contributed by atoms with Gasteiger partial charge < -0.3 is 14.6 Å². The Kier molecular flexibility index (Phi) is 7.04. The molecule has 3 aromatic carbocycles. The second kappa shape index (κ2) is 9.89. The van der Waals surface area contributed by atoms with E-state index in [0.29, 0.717) is 13.0 Å². The van der Waals surface area contributed by atoms with Gasteiger partial charge in [0.25, 0.3) is 0 Å². The molecule has 3 aromatic rings. The van der Waals surface area contributed by atoms with E-state index in [1.807, 2.05) is 80.6 Å². The van der Waals surface area contributed by atoms with E-state index in [1.54, 1.807) is 0 Å². The highest BCUT2D eigenvalue weighted by Crippen LogP contribution is 2.23. The molecule has 0 radical (unpaired) electrons. The van der Waals surface area contributed by atoms with Crippen molar-refractivity contribution in [1.82, 2.24) is 0 Å². The molecule has 0 spiro atoms. The van der Waals surface area contributed by atoms with Crippen LogP contribution in [0.2, 0.25) is 0 Å². The van der Waals surface area contributed by atoms with Crippen LogP contribution in [-0.2, 0) is 22.6 Å². The van der Waals surface area contributed by atoms with E-state index in [9.17, 15) is 9.90 Å². The second-order valence-corrected chi connectivity index (χ2v) is 7.21. The van der Waals surface area contributed by atoms with Crippen molar-refractivity contribution in [2.45, 2.75) is 39.1 Å². The third-order valence-corrected chi connectivity index (χ3v) is 4.49. The molecule has 4 heteroatoms. The molecule has 1 unspecified atom stereocenters. The predicted octanol–water partition coefficient (Wildman–Crippen LogP) is 5.35. The van der Waals surface area contributed by atoms with Gasteiger partial charge in [0.2, 0.25) is 0 Å². The van der Waals surface area contributed by atoms with Crippen LogP contribution in [-0.4, -0.2) is 23.3 Å². The average molecular weight is 390 g/mol. The van der Waals surface area contributed by atoms with Crippen LogP contribution in [0.5, 0.6) is 5.75 Å². The lowest BCUT2D eigenvalue weighted by Crippen LogP contribution is -2.29. The number of carboxylic acid groups (broad SMARTS) is 1. The molecule has 0 aliphatic rings. The zero-order valence-electron chi connectivity index (χ0n) is 16.7. The van der Waals surface area contributed by atoms with Gasteiger partial charge in [-0.05, 0) is 48.2 Å². The van der Waals surface area contributed by atoms with Crippen molar-refractivity contribution in [3.8, 4) is 16.9 Å². The molecule has 0 amide bonds. The topological polar surface area (TPSA) is 55.8 Å². The van der Waals surface area contributed by atoms with Crippen LogP contribution in [0, 0.1) is 0 Å². The third-order valence-electron chi connectivity index (χ3n) is 4.49. The van der Waals surface area contributed by atoms with Crippen molar-refractivity contribution in [1.29, 1.82) is 0 Å². The first-order valence-electron chi connectivity index (χ1n) is 9.75. The molecule has 1 atom stereocenters. The minimum Gasteiger partial charge on any atom is -0.489 e. The maximum absolute atomic E-state index is 11.4. The van der Waals surface area contributed by atoms with Crippen LogP contribution in [0.4, 0.5) is 0 Å². The van der Waals surface area contributed by atoms with Crippen molar-refractivity contribution in [3.05, 3.63) is 90.0 Å². The van der Waals surface area contributed by atoms with Crippen LogP contribution in [0.1, 0.15) is 25.0 Å². The fraction of sp³-hybridized carbons (Fsp3) is 0.240. The lowest BCUT2D eigenvalue weighted by Gasteiger charge is -2.17. The summed E-state index contributed by atoms with van der Waals surface area (Å²) in [6.45, 7) is 4.09. The molecule has 1 N–H and O–H groups in total. The zero-order valence-corrected chi connectivity index (χ0v) is 16.7. The minimum atomic E-state index is -0.946. The maximum atomic E-state index is 11.4. The highest BCUT2D eigenvalue weighted by atomic mass is 16.5. The number of ether oxygens (including phenoxy) is 2. The number of carbonyl (C=O) groups is 1. The normalized spacial score (nSPS) is 12.0. The van der Waals surface area contributed by atoms with Gasteiger partial charge in [0.1, 0.15) is 12.4 Å².